The number of pyridine rings is 1. The van der Waals surface area contributed by atoms with Crippen LogP contribution >= 0.6 is 15.9 Å². The van der Waals surface area contributed by atoms with Crippen LogP contribution in [0.5, 0.6) is 5.88 Å². The number of carbonyl (C=O) groups is 1. The SMILES string of the molecule is COc1nc(Br)ccc1NC(=O)N1CCOC(F)(F)C1. The first-order chi connectivity index (χ1) is 9.41. The number of carbonyl (C=O) groups excluding carboxylic acids is 1. The van der Waals surface area contributed by atoms with Gasteiger partial charge in [0.05, 0.1) is 13.7 Å². The number of alkyl halides is 2. The second-order valence-electron chi connectivity index (χ2n) is 4.03. The average Bonchev–Trinajstić information content (AvgIpc) is 2.39. The highest BCUT2D eigenvalue weighted by Crippen LogP contribution is 2.26. The minimum atomic E-state index is -3.32. The van der Waals surface area contributed by atoms with Crippen molar-refractivity contribution < 1.29 is 23.0 Å². The molecule has 1 saturated heterocycles. The van der Waals surface area contributed by atoms with Crippen molar-refractivity contribution in [3.63, 3.8) is 0 Å². The molecular weight excluding hydrogens is 340 g/mol. The van der Waals surface area contributed by atoms with E-state index in [1.807, 2.05) is 0 Å². The first-order valence-electron chi connectivity index (χ1n) is 5.69. The number of ether oxygens (including phenoxy) is 2. The highest BCUT2D eigenvalue weighted by atomic mass is 79.9. The molecule has 0 atom stereocenters. The van der Waals surface area contributed by atoms with E-state index in [2.05, 4.69) is 31.0 Å². The maximum atomic E-state index is 13.1. The summed E-state index contributed by atoms with van der Waals surface area (Å²) in [5.41, 5.74) is 0.301. The number of morpholine rings is 1. The average molecular weight is 352 g/mol. The van der Waals surface area contributed by atoms with Gasteiger partial charge in [-0.2, -0.15) is 8.78 Å². The predicted octanol–water partition coefficient (Wildman–Crippen LogP) is 2.31. The van der Waals surface area contributed by atoms with Crippen LogP contribution in [0.15, 0.2) is 16.7 Å². The predicted molar refractivity (Wildman–Crippen MR) is 70.0 cm³/mol. The lowest BCUT2D eigenvalue weighted by Crippen LogP contribution is -2.50. The van der Waals surface area contributed by atoms with Crippen LogP contribution < -0.4 is 10.1 Å². The van der Waals surface area contributed by atoms with Gasteiger partial charge >= 0.3 is 12.1 Å². The number of urea groups is 1. The number of anilines is 1. The normalized spacial score (nSPS) is 17.7. The van der Waals surface area contributed by atoms with Gasteiger partial charge in [0.2, 0.25) is 5.88 Å². The molecule has 9 heteroatoms. The van der Waals surface area contributed by atoms with E-state index < -0.39 is 18.7 Å². The van der Waals surface area contributed by atoms with Crippen LogP contribution in [-0.4, -0.2) is 48.8 Å². The quantitative estimate of drug-likeness (QED) is 0.830. The Balaban J connectivity index is 2.08. The molecule has 1 aromatic rings. The largest absolute Gasteiger partial charge is 0.479 e. The van der Waals surface area contributed by atoms with Gasteiger partial charge in [-0.25, -0.2) is 9.78 Å². The lowest BCUT2D eigenvalue weighted by atomic mass is 10.4. The summed E-state index contributed by atoms with van der Waals surface area (Å²) in [7, 11) is 1.40. The molecule has 110 valence electrons. The van der Waals surface area contributed by atoms with Crippen LogP contribution in [0.1, 0.15) is 0 Å². The maximum Gasteiger partial charge on any atom is 0.373 e. The molecule has 0 spiro atoms. The van der Waals surface area contributed by atoms with Gasteiger partial charge in [-0.1, -0.05) is 0 Å². The van der Waals surface area contributed by atoms with Crippen LogP contribution in [-0.2, 0) is 4.74 Å². The number of halogens is 3. The van der Waals surface area contributed by atoms with E-state index in [0.29, 0.717) is 10.3 Å². The number of amides is 2. The Morgan fingerprint density at radius 1 is 1.60 bits per heavy atom. The summed E-state index contributed by atoms with van der Waals surface area (Å²) < 4.78 is 35.9. The molecule has 2 heterocycles. The van der Waals surface area contributed by atoms with Gasteiger partial charge in [0.15, 0.2) is 0 Å². The molecule has 0 bridgehead atoms. The molecule has 1 fully saturated rings. The van der Waals surface area contributed by atoms with Gasteiger partial charge < -0.3 is 19.7 Å². The maximum absolute atomic E-state index is 13.1. The third kappa shape index (κ3) is 3.54. The van der Waals surface area contributed by atoms with E-state index in [0.717, 1.165) is 4.90 Å². The highest BCUT2D eigenvalue weighted by molar-refractivity contribution is 9.10. The van der Waals surface area contributed by atoms with E-state index in [1.54, 1.807) is 12.1 Å². The molecule has 6 nitrogen and oxygen atoms in total. The van der Waals surface area contributed by atoms with Crippen molar-refractivity contribution in [3.05, 3.63) is 16.7 Å². The lowest BCUT2D eigenvalue weighted by Gasteiger charge is -2.32. The van der Waals surface area contributed by atoms with Crippen molar-refractivity contribution in [1.82, 2.24) is 9.88 Å². The summed E-state index contributed by atoms with van der Waals surface area (Å²) in [5.74, 6) is 0.188. The Bertz CT molecular complexity index is 516. The molecule has 0 radical (unpaired) electrons. The molecule has 1 aromatic heterocycles. The van der Waals surface area contributed by atoms with Crippen molar-refractivity contribution in [2.75, 3.05) is 32.1 Å². The monoisotopic (exact) mass is 351 g/mol. The van der Waals surface area contributed by atoms with E-state index in [9.17, 15) is 13.6 Å². The molecule has 1 N–H and O–H groups in total. The van der Waals surface area contributed by atoms with E-state index in [1.165, 1.54) is 7.11 Å². The van der Waals surface area contributed by atoms with E-state index >= 15 is 0 Å². The van der Waals surface area contributed by atoms with Crippen molar-refractivity contribution in [2.45, 2.75) is 6.11 Å². The number of nitrogens with zero attached hydrogens (tertiary/aromatic N) is 2. The van der Waals surface area contributed by atoms with E-state index in [-0.39, 0.29) is 19.0 Å². The highest BCUT2D eigenvalue weighted by Gasteiger charge is 2.38. The summed E-state index contributed by atoms with van der Waals surface area (Å²) in [6.45, 7) is -0.908. The molecule has 2 amide bonds. The third-order valence-electron chi connectivity index (χ3n) is 2.60. The fourth-order valence-electron chi connectivity index (χ4n) is 1.69. The van der Waals surface area contributed by atoms with Crippen molar-refractivity contribution in [2.24, 2.45) is 0 Å². The molecule has 0 aliphatic carbocycles. The van der Waals surface area contributed by atoms with Gasteiger partial charge in [-0.15, -0.1) is 0 Å². The van der Waals surface area contributed by atoms with Crippen LogP contribution in [0.2, 0.25) is 0 Å². The summed E-state index contributed by atoms with van der Waals surface area (Å²) >= 11 is 3.16. The van der Waals surface area contributed by atoms with Crippen LogP contribution in [0.4, 0.5) is 19.3 Å². The Labute approximate surface area is 122 Å². The number of rotatable bonds is 2. The fraction of sp³-hybridized carbons (Fsp3) is 0.455. The second-order valence-corrected chi connectivity index (χ2v) is 4.84. The number of nitrogens with one attached hydrogen (secondary N) is 1. The molecule has 2 rings (SSSR count). The molecule has 1 aliphatic heterocycles. The number of aromatic nitrogens is 1. The Morgan fingerprint density at radius 2 is 2.35 bits per heavy atom. The Morgan fingerprint density at radius 3 is 3.00 bits per heavy atom. The molecule has 20 heavy (non-hydrogen) atoms. The first kappa shape index (κ1) is 14.9. The molecule has 0 aromatic carbocycles. The fourth-order valence-corrected chi connectivity index (χ4v) is 1.98. The van der Waals surface area contributed by atoms with E-state index in [4.69, 9.17) is 4.74 Å². The molecule has 0 saturated carbocycles. The molecular formula is C11H12BrF2N3O3. The number of hydrogen-bond acceptors (Lipinski definition) is 4. The summed E-state index contributed by atoms with van der Waals surface area (Å²) in [6.07, 6.45) is -3.32. The first-order valence-corrected chi connectivity index (χ1v) is 6.49. The van der Waals surface area contributed by atoms with Gasteiger partial charge in [0, 0.05) is 6.54 Å². The number of hydrogen-bond donors (Lipinski definition) is 1. The summed E-state index contributed by atoms with van der Waals surface area (Å²) in [5, 5.41) is 2.49. The van der Waals surface area contributed by atoms with Crippen LogP contribution in [0.25, 0.3) is 0 Å². The van der Waals surface area contributed by atoms with Crippen molar-refractivity contribution in [1.29, 1.82) is 0 Å². The Hall–Kier alpha value is -1.48. The topological polar surface area (TPSA) is 63.7 Å². The second kappa shape index (κ2) is 5.88. The smallest absolute Gasteiger partial charge is 0.373 e. The van der Waals surface area contributed by atoms with Crippen molar-refractivity contribution in [3.8, 4) is 5.88 Å². The van der Waals surface area contributed by atoms with Crippen LogP contribution in [0.3, 0.4) is 0 Å². The zero-order chi connectivity index (χ0) is 14.8. The van der Waals surface area contributed by atoms with Crippen molar-refractivity contribution >= 4 is 27.6 Å². The third-order valence-corrected chi connectivity index (χ3v) is 3.04. The summed E-state index contributed by atoms with van der Waals surface area (Å²) in [4.78, 5) is 16.9. The summed E-state index contributed by atoms with van der Waals surface area (Å²) in [6, 6.07) is 2.51. The Kier molecular flexibility index (Phi) is 4.39. The minimum absolute atomic E-state index is 0.0910. The number of methoxy groups -OCH3 is 1. The van der Waals surface area contributed by atoms with Gasteiger partial charge in [-0.3, -0.25) is 0 Å². The standard InChI is InChI=1S/C11H12BrF2N3O3/c1-19-9-7(2-3-8(12)16-9)15-10(18)17-4-5-20-11(13,14)6-17/h2-3H,4-6H2,1H3,(H,15,18). The van der Waals surface area contributed by atoms with Gasteiger partial charge in [-0.05, 0) is 28.1 Å². The van der Waals surface area contributed by atoms with Gasteiger partial charge in [0.1, 0.15) is 16.8 Å². The molecule has 0 unspecified atom stereocenters. The van der Waals surface area contributed by atoms with Gasteiger partial charge in [0.25, 0.3) is 0 Å². The zero-order valence-corrected chi connectivity index (χ0v) is 12.1. The van der Waals surface area contributed by atoms with Crippen LogP contribution in [0, 0.1) is 0 Å². The lowest BCUT2D eigenvalue weighted by molar-refractivity contribution is -0.263. The minimum Gasteiger partial charge on any atom is -0.479 e. The zero-order valence-electron chi connectivity index (χ0n) is 10.5. The molecule has 1 aliphatic rings.